The van der Waals surface area contributed by atoms with Crippen LogP contribution in [0.5, 0.6) is 0 Å². The molecule has 0 aliphatic carbocycles. The predicted molar refractivity (Wildman–Crippen MR) is 62.1 cm³/mol. The molecule has 82 valence electrons. The highest BCUT2D eigenvalue weighted by Gasteiger charge is 2.18. The summed E-state index contributed by atoms with van der Waals surface area (Å²) >= 11 is 0. The van der Waals surface area contributed by atoms with Crippen molar-refractivity contribution in [2.45, 2.75) is 33.6 Å². The van der Waals surface area contributed by atoms with E-state index in [2.05, 4.69) is 4.99 Å². The van der Waals surface area contributed by atoms with Crippen molar-refractivity contribution in [2.75, 3.05) is 0 Å². The number of nitrogens with zero attached hydrogens (tertiary/aromatic N) is 1. The number of benzene rings is 1. The predicted octanol–water partition coefficient (Wildman–Crippen LogP) is 2.96. The van der Waals surface area contributed by atoms with Crippen molar-refractivity contribution in [3.63, 3.8) is 0 Å². The zero-order valence-corrected chi connectivity index (χ0v) is 9.47. The first-order valence-corrected chi connectivity index (χ1v) is 5.35. The zero-order valence-electron chi connectivity index (χ0n) is 9.47. The number of aliphatic imine (C=N–C) groups is 1. The quantitative estimate of drug-likeness (QED) is 0.757. The summed E-state index contributed by atoms with van der Waals surface area (Å²) < 4.78 is 13.2. The minimum absolute atomic E-state index is 0.271. The summed E-state index contributed by atoms with van der Waals surface area (Å²) in [6.07, 6.45) is 1.49. The first kappa shape index (κ1) is 11.7. The van der Waals surface area contributed by atoms with E-state index in [0.29, 0.717) is 17.9 Å². The van der Waals surface area contributed by atoms with Gasteiger partial charge in [0, 0.05) is 6.42 Å². The highest BCUT2D eigenvalue weighted by Crippen LogP contribution is 2.31. The minimum Gasteiger partial charge on any atom is -0.387 e. The molecule has 0 unspecified atom stereocenters. The Morgan fingerprint density at radius 3 is 2.67 bits per heavy atom. The van der Waals surface area contributed by atoms with Crippen molar-refractivity contribution in [1.29, 1.82) is 0 Å². The first-order valence-electron chi connectivity index (χ1n) is 5.35. The monoisotopic (exact) mass is 208 g/mol. The summed E-state index contributed by atoms with van der Waals surface area (Å²) in [7, 11) is 0. The Morgan fingerprint density at radius 1 is 1.40 bits per heavy atom. The Morgan fingerprint density at radius 2 is 2.07 bits per heavy atom. The van der Waals surface area contributed by atoms with E-state index in [1.807, 2.05) is 26.8 Å². The van der Waals surface area contributed by atoms with Gasteiger partial charge in [-0.1, -0.05) is 26.8 Å². The third-order valence-electron chi connectivity index (χ3n) is 2.32. The van der Waals surface area contributed by atoms with Gasteiger partial charge < -0.3 is 5.73 Å². The number of hydrogen-bond donors (Lipinski definition) is 1. The molecule has 0 spiro atoms. The third-order valence-corrected chi connectivity index (χ3v) is 2.32. The Hall–Kier alpha value is -1.38. The lowest BCUT2D eigenvalue weighted by molar-refractivity contribution is 0.628. The average Bonchev–Trinajstić information content (AvgIpc) is 2.64. The molecule has 0 bridgehead atoms. The van der Waals surface area contributed by atoms with Gasteiger partial charge in [-0.25, -0.2) is 9.38 Å². The minimum atomic E-state index is -0.271. The second-order valence-corrected chi connectivity index (χ2v) is 3.17. The second-order valence-electron chi connectivity index (χ2n) is 3.17. The molecule has 0 fully saturated rings. The molecule has 2 nitrogen and oxygen atoms in total. The fourth-order valence-electron chi connectivity index (χ4n) is 1.66. The maximum Gasteiger partial charge on any atom is 0.149 e. The van der Waals surface area contributed by atoms with Gasteiger partial charge in [0.15, 0.2) is 0 Å². The van der Waals surface area contributed by atoms with Crippen molar-refractivity contribution < 1.29 is 4.39 Å². The molecule has 15 heavy (non-hydrogen) atoms. The van der Waals surface area contributed by atoms with Gasteiger partial charge in [0.25, 0.3) is 0 Å². The topological polar surface area (TPSA) is 38.4 Å². The van der Waals surface area contributed by atoms with E-state index < -0.39 is 0 Å². The fourth-order valence-corrected chi connectivity index (χ4v) is 1.66. The lowest BCUT2D eigenvalue weighted by Gasteiger charge is -2.04. The molecule has 0 radical (unpaired) electrons. The average molecular weight is 208 g/mol. The van der Waals surface area contributed by atoms with Crippen LogP contribution in [0.15, 0.2) is 17.1 Å². The fraction of sp³-hybridized carbons (Fsp3) is 0.417. The largest absolute Gasteiger partial charge is 0.387 e. The van der Waals surface area contributed by atoms with Crippen LogP contribution in [0.25, 0.3) is 0 Å². The maximum absolute atomic E-state index is 13.2. The van der Waals surface area contributed by atoms with E-state index in [-0.39, 0.29) is 5.82 Å². The van der Waals surface area contributed by atoms with E-state index in [1.165, 1.54) is 6.07 Å². The smallest absolute Gasteiger partial charge is 0.149 e. The SMILES string of the molecule is CC.CCc1ccc(F)c2c1CC(N)=N2. The molecule has 0 saturated carbocycles. The van der Waals surface area contributed by atoms with E-state index in [1.54, 1.807) is 0 Å². The van der Waals surface area contributed by atoms with Crippen LogP contribution < -0.4 is 5.73 Å². The Kier molecular flexibility index (Phi) is 3.83. The molecular formula is C12H17FN2. The molecule has 1 heterocycles. The number of fused-ring (bicyclic) bond motifs is 1. The first-order chi connectivity index (χ1) is 7.22. The molecule has 0 saturated heterocycles. The molecule has 0 amide bonds. The van der Waals surface area contributed by atoms with Crippen molar-refractivity contribution >= 4 is 11.5 Å². The Labute approximate surface area is 90.0 Å². The molecule has 2 N–H and O–H groups in total. The van der Waals surface area contributed by atoms with Gasteiger partial charge in [-0.3, -0.25) is 0 Å². The van der Waals surface area contributed by atoms with Crippen LogP contribution in [0.1, 0.15) is 31.9 Å². The molecule has 0 aromatic heterocycles. The van der Waals surface area contributed by atoms with Gasteiger partial charge in [-0.15, -0.1) is 0 Å². The van der Waals surface area contributed by atoms with E-state index in [9.17, 15) is 4.39 Å². The van der Waals surface area contributed by atoms with Crippen LogP contribution in [-0.4, -0.2) is 5.84 Å². The highest BCUT2D eigenvalue weighted by molar-refractivity contribution is 5.91. The normalized spacial score (nSPS) is 12.7. The van der Waals surface area contributed by atoms with Crippen LogP contribution in [-0.2, 0) is 12.8 Å². The molecule has 2 rings (SSSR count). The van der Waals surface area contributed by atoms with Crippen LogP contribution in [0.3, 0.4) is 0 Å². The zero-order chi connectivity index (χ0) is 11.4. The highest BCUT2D eigenvalue weighted by atomic mass is 19.1. The van der Waals surface area contributed by atoms with Crippen LogP contribution in [0, 0.1) is 5.82 Å². The Bertz CT molecular complexity index is 383. The maximum atomic E-state index is 13.2. The summed E-state index contributed by atoms with van der Waals surface area (Å²) in [5.74, 6) is 0.238. The lowest BCUT2D eigenvalue weighted by atomic mass is 10.0. The standard InChI is InChI=1S/C10H11FN2.C2H6/c1-2-6-3-4-8(11)10-7(6)5-9(12)13-10;1-2/h3-4H,2,5H2,1H3,(H2,12,13);1-2H3. The number of nitrogens with two attached hydrogens (primary N) is 1. The number of amidine groups is 1. The summed E-state index contributed by atoms with van der Waals surface area (Å²) in [6, 6.07) is 3.27. The molecule has 1 aromatic rings. The summed E-state index contributed by atoms with van der Waals surface area (Å²) in [5.41, 5.74) is 8.10. The van der Waals surface area contributed by atoms with Gasteiger partial charge in [0.1, 0.15) is 17.3 Å². The number of hydrogen-bond acceptors (Lipinski definition) is 2. The summed E-state index contributed by atoms with van der Waals surface area (Å²) in [6.45, 7) is 6.04. The number of halogens is 1. The van der Waals surface area contributed by atoms with Gasteiger partial charge in [-0.05, 0) is 23.6 Å². The second kappa shape index (κ2) is 4.91. The summed E-state index contributed by atoms with van der Waals surface area (Å²) in [4.78, 5) is 3.98. The lowest BCUT2D eigenvalue weighted by Crippen LogP contribution is -2.10. The van der Waals surface area contributed by atoms with Crippen LogP contribution in [0.4, 0.5) is 10.1 Å². The molecule has 1 aliphatic rings. The van der Waals surface area contributed by atoms with Gasteiger partial charge in [0.2, 0.25) is 0 Å². The van der Waals surface area contributed by atoms with Crippen molar-refractivity contribution in [3.05, 3.63) is 29.1 Å². The Balaban J connectivity index is 0.000000531. The van der Waals surface area contributed by atoms with Gasteiger partial charge in [0.05, 0.1) is 0 Å². The molecule has 1 aromatic carbocycles. The van der Waals surface area contributed by atoms with Crippen molar-refractivity contribution in [1.82, 2.24) is 0 Å². The molecule has 1 aliphatic heterocycles. The molecule has 3 heteroatoms. The summed E-state index contributed by atoms with van der Waals surface area (Å²) in [5, 5.41) is 0. The number of aryl methyl sites for hydroxylation is 1. The van der Waals surface area contributed by atoms with E-state index in [0.717, 1.165) is 17.5 Å². The number of rotatable bonds is 1. The van der Waals surface area contributed by atoms with E-state index in [4.69, 9.17) is 5.73 Å². The van der Waals surface area contributed by atoms with Crippen LogP contribution >= 0.6 is 0 Å². The van der Waals surface area contributed by atoms with Gasteiger partial charge >= 0.3 is 0 Å². The van der Waals surface area contributed by atoms with Crippen LogP contribution in [0.2, 0.25) is 0 Å². The molecule has 0 atom stereocenters. The molecular weight excluding hydrogens is 191 g/mol. The van der Waals surface area contributed by atoms with Crippen molar-refractivity contribution in [2.24, 2.45) is 10.7 Å². The van der Waals surface area contributed by atoms with Crippen molar-refractivity contribution in [3.8, 4) is 0 Å². The third kappa shape index (κ3) is 2.17. The van der Waals surface area contributed by atoms with E-state index >= 15 is 0 Å². The van der Waals surface area contributed by atoms with Gasteiger partial charge in [-0.2, -0.15) is 0 Å².